The van der Waals surface area contributed by atoms with Crippen molar-refractivity contribution in [3.63, 3.8) is 0 Å². The fourth-order valence-corrected chi connectivity index (χ4v) is 3.82. The van der Waals surface area contributed by atoms with Crippen molar-refractivity contribution in [2.75, 3.05) is 19.7 Å². The van der Waals surface area contributed by atoms with Crippen LogP contribution in [0.15, 0.2) is 24.8 Å². The highest BCUT2D eigenvalue weighted by molar-refractivity contribution is 5.45. The summed E-state index contributed by atoms with van der Waals surface area (Å²) in [5.74, 6) is 0.980. The van der Waals surface area contributed by atoms with Gasteiger partial charge in [0.25, 0.3) is 0 Å². The Labute approximate surface area is 128 Å². The molecule has 0 radical (unpaired) electrons. The fourth-order valence-electron chi connectivity index (χ4n) is 3.82. The highest BCUT2D eigenvalue weighted by atomic mass is 16.5. The molecule has 0 saturated carbocycles. The van der Waals surface area contributed by atoms with Gasteiger partial charge >= 0.3 is 0 Å². The largest absolute Gasteiger partial charge is 0.489 e. The van der Waals surface area contributed by atoms with E-state index in [9.17, 15) is 0 Å². The first-order chi connectivity index (χ1) is 10.1. The van der Waals surface area contributed by atoms with E-state index in [0.29, 0.717) is 24.7 Å². The van der Waals surface area contributed by atoms with Gasteiger partial charge in [0.2, 0.25) is 0 Å². The fraction of sp³-hybridized carbons (Fsp3) is 0.556. The maximum Gasteiger partial charge on any atom is 0.122 e. The SMILES string of the molecule is C=CCOc1ccc([C@H](C)N2C[C@H]3C[C@@H]2CN3)c(C)c1C. The Bertz CT molecular complexity index is 540. The summed E-state index contributed by atoms with van der Waals surface area (Å²) < 4.78 is 5.73. The van der Waals surface area contributed by atoms with E-state index >= 15 is 0 Å². The summed E-state index contributed by atoms with van der Waals surface area (Å²) in [5.41, 5.74) is 4.05. The van der Waals surface area contributed by atoms with Gasteiger partial charge in [-0.15, -0.1) is 0 Å². The third-order valence-corrected chi connectivity index (χ3v) is 5.18. The van der Waals surface area contributed by atoms with Crippen LogP contribution in [0.4, 0.5) is 0 Å². The normalized spacial score (nSPS) is 26.0. The van der Waals surface area contributed by atoms with Gasteiger partial charge in [-0.3, -0.25) is 4.90 Å². The van der Waals surface area contributed by atoms with E-state index < -0.39 is 0 Å². The molecule has 0 aliphatic carbocycles. The van der Waals surface area contributed by atoms with Crippen molar-refractivity contribution < 1.29 is 4.74 Å². The van der Waals surface area contributed by atoms with Crippen LogP contribution in [0.5, 0.6) is 5.75 Å². The molecule has 2 aliphatic heterocycles. The lowest BCUT2D eigenvalue weighted by molar-refractivity contribution is 0.170. The summed E-state index contributed by atoms with van der Waals surface area (Å²) in [4.78, 5) is 2.66. The van der Waals surface area contributed by atoms with Gasteiger partial charge in [-0.05, 0) is 49.9 Å². The van der Waals surface area contributed by atoms with Crippen molar-refractivity contribution in [2.24, 2.45) is 0 Å². The van der Waals surface area contributed by atoms with Crippen LogP contribution >= 0.6 is 0 Å². The summed E-state index contributed by atoms with van der Waals surface area (Å²) in [6.45, 7) is 13.3. The maximum absolute atomic E-state index is 5.73. The lowest BCUT2D eigenvalue weighted by Gasteiger charge is -2.34. The van der Waals surface area contributed by atoms with Crippen LogP contribution in [0.3, 0.4) is 0 Å². The molecule has 3 rings (SSSR count). The molecule has 1 aromatic carbocycles. The predicted molar refractivity (Wildman–Crippen MR) is 86.9 cm³/mol. The Kier molecular flexibility index (Phi) is 4.05. The second-order valence-corrected chi connectivity index (χ2v) is 6.37. The van der Waals surface area contributed by atoms with Crippen molar-refractivity contribution in [3.8, 4) is 5.75 Å². The van der Waals surface area contributed by atoms with Crippen LogP contribution in [0.2, 0.25) is 0 Å². The standard InChI is InChI=1S/C18H26N2O/c1-5-8-21-18-7-6-17(12(2)13(18)3)14(4)20-11-15-9-16(20)10-19-15/h5-7,14-16,19H,1,8-11H2,2-4H3/t14-,15+,16+/m0/s1. The molecule has 3 heteroatoms. The number of rotatable bonds is 5. The van der Waals surface area contributed by atoms with Crippen LogP contribution in [-0.2, 0) is 0 Å². The first kappa shape index (κ1) is 14.6. The average molecular weight is 286 g/mol. The molecule has 114 valence electrons. The number of nitrogens with zero attached hydrogens (tertiary/aromatic N) is 1. The van der Waals surface area contributed by atoms with Crippen LogP contribution in [0.1, 0.15) is 36.1 Å². The Hall–Kier alpha value is -1.32. The van der Waals surface area contributed by atoms with Gasteiger partial charge in [-0.2, -0.15) is 0 Å². The van der Waals surface area contributed by atoms with Gasteiger partial charge in [0, 0.05) is 31.2 Å². The van der Waals surface area contributed by atoms with Crippen molar-refractivity contribution in [1.29, 1.82) is 0 Å². The molecular formula is C18H26N2O. The van der Waals surface area contributed by atoms with Gasteiger partial charge < -0.3 is 10.1 Å². The molecular weight excluding hydrogens is 260 g/mol. The van der Waals surface area contributed by atoms with E-state index in [2.05, 4.69) is 49.7 Å². The Morgan fingerprint density at radius 2 is 2.24 bits per heavy atom. The highest BCUT2D eigenvalue weighted by Gasteiger charge is 2.40. The molecule has 3 nitrogen and oxygen atoms in total. The lowest BCUT2D eigenvalue weighted by atomic mass is 9.96. The number of hydrogen-bond donors (Lipinski definition) is 1. The van der Waals surface area contributed by atoms with Crippen LogP contribution in [0.25, 0.3) is 0 Å². The summed E-state index contributed by atoms with van der Waals surface area (Å²) >= 11 is 0. The zero-order valence-corrected chi connectivity index (χ0v) is 13.4. The summed E-state index contributed by atoms with van der Waals surface area (Å²) in [5, 5.41) is 3.58. The third kappa shape index (κ3) is 2.60. The van der Waals surface area contributed by atoms with Crippen molar-refractivity contribution >= 4 is 0 Å². The smallest absolute Gasteiger partial charge is 0.122 e. The minimum atomic E-state index is 0.481. The molecule has 3 atom stereocenters. The first-order valence-corrected chi connectivity index (χ1v) is 7.94. The van der Waals surface area contributed by atoms with E-state index in [1.807, 2.05) is 0 Å². The van der Waals surface area contributed by atoms with Gasteiger partial charge in [0.05, 0.1) is 0 Å². The summed E-state index contributed by atoms with van der Waals surface area (Å²) in [6.07, 6.45) is 3.10. The number of benzene rings is 1. The molecule has 0 amide bonds. The lowest BCUT2D eigenvalue weighted by Crippen LogP contribution is -2.44. The number of ether oxygens (including phenoxy) is 1. The van der Waals surface area contributed by atoms with Crippen molar-refractivity contribution in [3.05, 3.63) is 41.5 Å². The van der Waals surface area contributed by atoms with Gasteiger partial charge in [0.1, 0.15) is 12.4 Å². The maximum atomic E-state index is 5.73. The summed E-state index contributed by atoms with van der Waals surface area (Å²) in [7, 11) is 0. The minimum Gasteiger partial charge on any atom is -0.489 e. The van der Waals surface area contributed by atoms with Gasteiger partial charge in [-0.1, -0.05) is 18.7 Å². The molecule has 2 aliphatic rings. The molecule has 1 N–H and O–H groups in total. The zero-order chi connectivity index (χ0) is 15.0. The second-order valence-electron chi connectivity index (χ2n) is 6.37. The molecule has 2 bridgehead atoms. The van der Waals surface area contributed by atoms with E-state index in [-0.39, 0.29) is 0 Å². The van der Waals surface area contributed by atoms with Gasteiger partial charge in [0.15, 0.2) is 0 Å². The summed E-state index contributed by atoms with van der Waals surface area (Å²) in [6, 6.07) is 6.25. The van der Waals surface area contributed by atoms with E-state index in [1.54, 1.807) is 6.08 Å². The number of fused-ring (bicyclic) bond motifs is 2. The molecule has 0 unspecified atom stereocenters. The number of likely N-dealkylation sites (tertiary alicyclic amines) is 1. The van der Waals surface area contributed by atoms with Crippen molar-refractivity contribution in [1.82, 2.24) is 10.2 Å². The monoisotopic (exact) mass is 286 g/mol. The number of piperazine rings is 1. The van der Waals surface area contributed by atoms with Crippen LogP contribution < -0.4 is 10.1 Å². The molecule has 0 aromatic heterocycles. The Balaban J connectivity index is 1.82. The first-order valence-electron chi connectivity index (χ1n) is 7.94. The van der Waals surface area contributed by atoms with E-state index in [0.717, 1.165) is 12.3 Å². The molecule has 2 fully saturated rings. The molecule has 21 heavy (non-hydrogen) atoms. The van der Waals surface area contributed by atoms with E-state index in [4.69, 9.17) is 4.74 Å². The average Bonchev–Trinajstić information content (AvgIpc) is 3.11. The highest BCUT2D eigenvalue weighted by Crippen LogP contribution is 2.36. The molecule has 2 heterocycles. The molecule has 1 aromatic rings. The van der Waals surface area contributed by atoms with Gasteiger partial charge in [-0.25, -0.2) is 0 Å². The Morgan fingerprint density at radius 1 is 1.43 bits per heavy atom. The second kappa shape index (κ2) is 5.82. The Morgan fingerprint density at radius 3 is 2.86 bits per heavy atom. The van der Waals surface area contributed by atoms with E-state index in [1.165, 1.54) is 29.7 Å². The van der Waals surface area contributed by atoms with Crippen LogP contribution in [0, 0.1) is 13.8 Å². The third-order valence-electron chi connectivity index (χ3n) is 5.18. The number of nitrogens with one attached hydrogen (secondary N) is 1. The topological polar surface area (TPSA) is 24.5 Å². The van der Waals surface area contributed by atoms with Crippen LogP contribution in [-0.4, -0.2) is 36.7 Å². The molecule has 2 saturated heterocycles. The molecule has 0 spiro atoms. The van der Waals surface area contributed by atoms with Crippen molar-refractivity contribution in [2.45, 2.75) is 45.3 Å². The minimum absolute atomic E-state index is 0.481. The number of hydrogen-bond acceptors (Lipinski definition) is 3. The predicted octanol–water partition coefficient (Wildman–Crippen LogP) is 2.98. The zero-order valence-electron chi connectivity index (χ0n) is 13.4. The quantitative estimate of drug-likeness (QED) is 0.842.